The number of nitrogens with two attached hydrogens (primary N) is 1. The standard InChI is InChI=1S/C20H30N4O5/c21-9-4-5-10-22-11-6-12-23-18(25)15(13-14-7-2-1-3-8-14)24-19(26)16-17(29-16)20(27)28/h1-3,7-8,15-17,22H,4-6,9-13,21H2,(H,23,25)(H,24,26)(H,27,28)/t15-,16?,17?/m0/s1. The lowest BCUT2D eigenvalue weighted by molar-refractivity contribution is -0.138. The van der Waals surface area contributed by atoms with Crippen LogP contribution in [-0.2, 0) is 25.5 Å². The van der Waals surface area contributed by atoms with Crippen molar-refractivity contribution >= 4 is 17.8 Å². The number of carbonyl (C=O) groups excluding carboxylic acids is 2. The van der Waals surface area contributed by atoms with Gasteiger partial charge in [0.1, 0.15) is 6.04 Å². The first-order valence-corrected chi connectivity index (χ1v) is 9.94. The zero-order chi connectivity index (χ0) is 21.1. The van der Waals surface area contributed by atoms with Gasteiger partial charge in [0.2, 0.25) is 5.91 Å². The SMILES string of the molecule is NCCCCNCCCNC(=O)[C@H](Cc1ccccc1)NC(=O)C1OC1C(=O)O. The third-order valence-corrected chi connectivity index (χ3v) is 4.55. The zero-order valence-electron chi connectivity index (χ0n) is 16.4. The van der Waals surface area contributed by atoms with Gasteiger partial charge >= 0.3 is 5.97 Å². The average molecular weight is 406 g/mol. The van der Waals surface area contributed by atoms with Crippen LogP contribution in [0.4, 0.5) is 0 Å². The van der Waals surface area contributed by atoms with Crippen molar-refractivity contribution < 1.29 is 24.2 Å². The Labute approximate surface area is 170 Å². The van der Waals surface area contributed by atoms with Gasteiger partial charge in [-0.1, -0.05) is 30.3 Å². The van der Waals surface area contributed by atoms with Gasteiger partial charge in [-0.2, -0.15) is 0 Å². The number of nitrogens with one attached hydrogen (secondary N) is 3. The lowest BCUT2D eigenvalue weighted by Crippen LogP contribution is -2.50. The molecule has 1 fully saturated rings. The molecule has 0 saturated carbocycles. The number of rotatable bonds is 14. The first kappa shape index (κ1) is 22.8. The highest BCUT2D eigenvalue weighted by Gasteiger charge is 2.51. The number of ether oxygens (including phenoxy) is 1. The van der Waals surface area contributed by atoms with E-state index < -0.39 is 30.1 Å². The second kappa shape index (κ2) is 12.2. The minimum atomic E-state index is -1.19. The van der Waals surface area contributed by atoms with E-state index >= 15 is 0 Å². The summed E-state index contributed by atoms with van der Waals surface area (Å²) >= 11 is 0. The number of hydrogen-bond acceptors (Lipinski definition) is 6. The Morgan fingerprint density at radius 1 is 1.03 bits per heavy atom. The summed E-state index contributed by atoms with van der Waals surface area (Å²) in [7, 11) is 0. The predicted octanol–water partition coefficient (Wildman–Crippen LogP) is -0.599. The molecule has 1 aliphatic heterocycles. The van der Waals surface area contributed by atoms with Crippen molar-refractivity contribution in [2.45, 2.75) is 43.9 Å². The van der Waals surface area contributed by atoms with Crippen LogP contribution in [0.5, 0.6) is 0 Å². The van der Waals surface area contributed by atoms with Gasteiger partial charge in [0.25, 0.3) is 5.91 Å². The summed E-state index contributed by atoms with van der Waals surface area (Å²) < 4.78 is 4.87. The molecule has 29 heavy (non-hydrogen) atoms. The first-order valence-electron chi connectivity index (χ1n) is 9.94. The van der Waals surface area contributed by atoms with Crippen LogP contribution >= 0.6 is 0 Å². The van der Waals surface area contributed by atoms with Crippen LogP contribution in [0.1, 0.15) is 24.8 Å². The molecule has 0 spiro atoms. The van der Waals surface area contributed by atoms with Gasteiger partial charge in [-0.25, -0.2) is 4.79 Å². The van der Waals surface area contributed by atoms with Crippen LogP contribution in [0.25, 0.3) is 0 Å². The fourth-order valence-electron chi connectivity index (χ4n) is 2.88. The molecule has 160 valence electrons. The van der Waals surface area contributed by atoms with E-state index in [2.05, 4.69) is 16.0 Å². The van der Waals surface area contributed by atoms with E-state index in [1.807, 2.05) is 30.3 Å². The molecule has 0 radical (unpaired) electrons. The largest absolute Gasteiger partial charge is 0.479 e. The number of benzene rings is 1. The van der Waals surface area contributed by atoms with Crippen molar-refractivity contribution in [3.8, 4) is 0 Å². The number of aliphatic carboxylic acids is 1. The lowest BCUT2D eigenvalue weighted by Gasteiger charge is -2.18. The van der Waals surface area contributed by atoms with E-state index in [0.717, 1.165) is 37.9 Å². The fraction of sp³-hybridized carbons (Fsp3) is 0.550. The third-order valence-electron chi connectivity index (χ3n) is 4.55. The Bertz CT molecular complexity index is 670. The molecule has 0 aliphatic carbocycles. The Balaban J connectivity index is 1.80. The molecule has 6 N–H and O–H groups in total. The van der Waals surface area contributed by atoms with Gasteiger partial charge in [-0.3, -0.25) is 9.59 Å². The summed E-state index contributed by atoms with van der Waals surface area (Å²) in [4.78, 5) is 35.7. The van der Waals surface area contributed by atoms with Crippen molar-refractivity contribution in [1.29, 1.82) is 0 Å². The molecular weight excluding hydrogens is 376 g/mol. The van der Waals surface area contributed by atoms with Gasteiger partial charge in [0, 0.05) is 13.0 Å². The van der Waals surface area contributed by atoms with Gasteiger partial charge in [-0.05, 0) is 44.5 Å². The fourth-order valence-corrected chi connectivity index (χ4v) is 2.88. The van der Waals surface area contributed by atoms with Crippen molar-refractivity contribution in [2.24, 2.45) is 5.73 Å². The summed E-state index contributed by atoms with van der Waals surface area (Å²) in [5.74, 6) is -2.08. The summed E-state index contributed by atoms with van der Waals surface area (Å²) in [5, 5.41) is 17.6. The van der Waals surface area contributed by atoms with Crippen molar-refractivity contribution in [3.63, 3.8) is 0 Å². The van der Waals surface area contributed by atoms with Gasteiger partial charge in [0.05, 0.1) is 0 Å². The maximum atomic E-state index is 12.6. The van der Waals surface area contributed by atoms with Gasteiger partial charge < -0.3 is 31.5 Å². The first-order chi connectivity index (χ1) is 14.0. The highest BCUT2D eigenvalue weighted by molar-refractivity contribution is 5.95. The molecule has 3 atom stereocenters. The number of epoxide rings is 1. The summed E-state index contributed by atoms with van der Waals surface area (Å²) in [5.41, 5.74) is 6.33. The highest BCUT2D eigenvalue weighted by atomic mass is 16.6. The quantitative estimate of drug-likeness (QED) is 0.205. The van der Waals surface area contributed by atoms with E-state index in [0.29, 0.717) is 19.5 Å². The Morgan fingerprint density at radius 3 is 2.41 bits per heavy atom. The molecule has 2 rings (SSSR count). The maximum absolute atomic E-state index is 12.6. The Hall–Kier alpha value is -2.49. The molecule has 1 saturated heterocycles. The second-order valence-corrected chi connectivity index (χ2v) is 6.96. The molecule has 1 aliphatic rings. The molecule has 1 aromatic carbocycles. The molecule has 9 heteroatoms. The maximum Gasteiger partial charge on any atom is 0.336 e. The van der Waals surface area contributed by atoms with Crippen molar-refractivity contribution in [1.82, 2.24) is 16.0 Å². The zero-order valence-corrected chi connectivity index (χ0v) is 16.4. The van der Waals surface area contributed by atoms with E-state index in [1.165, 1.54) is 0 Å². The summed E-state index contributed by atoms with van der Waals surface area (Å²) in [6, 6.07) is 8.50. The number of hydrogen-bond donors (Lipinski definition) is 5. The minimum absolute atomic E-state index is 0.306. The predicted molar refractivity (Wildman–Crippen MR) is 107 cm³/mol. The van der Waals surface area contributed by atoms with Crippen LogP contribution in [0.2, 0.25) is 0 Å². The number of amides is 2. The molecule has 2 unspecified atom stereocenters. The third kappa shape index (κ3) is 8.18. The van der Waals surface area contributed by atoms with Crippen LogP contribution < -0.4 is 21.7 Å². The number of carbonyl (C=O) groups is 3. The minimum Gasteiger partial charge on any atom is -0.479 e. The summed E-state index contributed by atoms with van der Waals surface area (Å²) in [6.45, 7) is 2.83. The van der Waals surface area contributed by atoms with E-state index in [9.17, 15) is 14.4 Å². The van der Waals surface area contributed by atoms with E-state index in [1.54, 1.807) is 0 Å². The molecule has 1 heterocycles. The smallest absolute Gasteiger partial charge is 0.336 e. The number of carboxylic acids is 1. The summed E-state index contributed by atoms with van der Waals surface area (Å²) in [6.07, 6.45) is 0.886. The van der Waals surface area contributed by atoms with Crippen molar-refractivity contribution in [3.05, 3.63) is 35.9 Å². The Morgan fingerprint density at radius 2 is 1.76 bits per heavy atom. The highest BCUT2D eigenvalue weighted by Crippen LogP contribution is 2.22. The van der Waals surface area contributed by atoms with E-state index in [4.69, 9.17) is 15.6 Å². The topological polar surface area (TPSA) is 146 Å². The van der Waals surface area contributed by atoms with Gasteiger partial charge in [0.15, 0.2) is 12.2 Å². The van der Waals surface area contributed by atoms with Crippen LogP contribution in [0, 0.1) is 0 Å². The van der Waals surface area contributed by atoms with E-state index in [-0.39, 0.29) is 5.91 Å². The molecule has 1 aromatic rings. The average Bonchev–Trinajstić information content (AvgIpc) is 3.51. The van der Waals surface area contributed by atoms with Crippen molar-refractivity contribution in [2.75, 3.05) is 26.2 Å². The molecule has 0 aromatic heterocycles. The second-order valence-electron chi connectivity index (χ2n) is 6.96. The normalized spacial score (nSPS) is 18.7. The molecule has 9 nitrogen and oxygen atoms in total. The lowest BCUT2D eigenvalue weighted by atomic mass is 10.0. The molecule has 0 bridgehead atoms. The Kier molecular flexibility index (Phi) is 9.55. The van der Waals surface area contributed by atoms with Crippen LogP contribution in [-0.4, -0.2) is 67.3 Å². The molecular formula is C20H30N4O5. The number of unbranched alkanes of at least 4 members (excludes halogenated alkanes) is 1. The molecule has 2 amide bonds. The van der Waals surface area contributed by atoms with Gasteiger partial charge in [-0.15, -0.1) is 0 Å². The van der Waals surface area contributed by atoms with Crippen LogP contribution in [0.3, 0.4) is 0 Å². The monoisotopic (exact) mass is 406 g/mol. The van der Waals surface area contributed by atoms with Crippen LogP contribution in [0.15, 0.2) is 30.3 Å². The number of carboxylic acid groups (broad SMARTS) is 1.